The molecule has 1 fully saturated rings. The first-order valence-electron chi connectivity index (χ1n) is 7.70. The standard InChI is InChI=1S/C16H18ClN3O2/c1-22-14-8-13-10(7-11(14)17)16(21)20-6-4-12-9(15(20)19-13)3-2-5-18-12/h7-9,12,18H,2-6H2,1H3/t9-,12+/m0/s1. The molecule has 0 aliphatic carbocycles. The van der Waals surface area contributed by atoms with Gasteiger partial charge in [-0.15, -0.1) is 0 Å². The molecule has 22 heavy (non-hydrogen) atoms. The third-order valence-electron chi connectivity index (χ3n) is 4.84. The lowest BCUT2D eigenvalue weighted by Crippen LogP contribution is -2.47. The molecule has 6 heteroatoms. The average molecular weight is 320 g/mol. The molecule has 2 atom stereocenters. The molecule has 0 unspecified atom stereocenters. The van der Waals surface area contributed by atoms with Crippen molar-refractivity contribution in [2.75, 3.05) is 13.7 Å². The predicted octanol–water partition coefficient (Wildman–Crippen LogP) is 2.30. The third-order valence-corrected chi connectivity index (χ3v) is 5.13. The molecule has 2 aromatic rings. The normalized spacial score (nSPS) is 23.9. The summed E-state index contributed by atoms with van der Waals surface area (Å²) in [5.41, 5.74) is 0.678. The Kier molecular flexibility index (Phi) is 3.35. The van der Waals surface area contributed by atoms with E-state index in [1.54, 1.807) is 19.2 Å². The van der Waals surface area contributed by atoms with E-state index in [0.717, 1.165) is 38.2 Å². The van der Waals surface area contributed by atoms with E-state index < -0.39 is 0 Å². The number of halogens is 1. The summed E-state index contributed by atoms with van der Waals surface area (Å²) in [5, 5.41) is 4.57. The van der Waals surface area contributed by atoms with Gasteiger partial charge in [0.15, 0.2) is 0 Å². The molecule has 0 radical (unpaired) electrons. The molecule has 116 valence electrons. The van der Waals surface area contributed by atoms with E-state index in [-0.39, 0.29) is 5.56 Å². The first-order chi connectivity index (χ1) is 10.7. The summed E-state index contributed by atoms with van der Waals surface area (Å²) in [6.45, 7) is 1.78. The van der Waals surface area contributed by atoms with Crippen molar-refractivity contribution >= 4 is 22.5 Å². The van der Waals surface area contributed by atoms with Crippen LogP contribution in [0.2, 0.25) is 5.02 Å². The second-order valence-electron chi connectivity index (χ2n) is 6.03. The Morgan fingerprint density at radius 3 is 3.09 bits per heavy atom. The second kappa shape index (κ2) is 5.25. The quantitative estimate of drug-likeness (QED) is 0.876. The Morgan fingerprint density at radius 1 is 1.41 bits per heavy atom. The van der Waals surface area contributed by atoms with E-state index in [0.29, 0.717) is 33.6 Å². The van der Waals surface area contributed by atoms with Crippen molar-refractivity contribution in [2.24, 2.45) is 0 Å². The average Bonchev–Trinajstić information content (AvgIpc) is 2.55. The summed E-state index contributed by atoms with van der Waals surface area (Å²) in [6, 6.07) is 3.87. The smallest absolute Gasteiger partial charge is 0.261 e. The number of methoxy groups -OCH3 is 1. The Hall–Kier alpha value is -1.59. The van der Waals surface area contributed by atoms with Crippen LogP contribution in [0, 0.1) is 0 Å². The molecule has 5 nitrogen and oxygen atoms in total. The molecule has 1 N–H and O–H groups in total. The van der Waals surface area contributed by atoms with Gasteiger partial charge in [0.1, 0.15) is 11.6 Å². The van der Waals surface area contributed by atoms with Crippen LogP contribution in [0.4, 0.5) is 0 Å². The Bertz CT molecular complexity index is 802. The van der Waals surface area contributed by atoms with E-state index in [1.165, 1.54) is 0 Å². The maximum atomic E-state index is 12.8. The number of hydrogen-bond donors (Lipinski definition) is 1. The van der Waals surface area contributed by atoms with Gasteiger partial charge in [-0.1, -0.05) is 11.6 Å². The highest BCUT2D eigenvalue weighted by Crippen LogP contribution is 2.34. The Labute approximate surface area is 133 Å². The van der Waals surface area contributed by atoms with Crippen LogP contribution in [0.15, 0.2) is 16.9 Å². The van der Waals surface area contributed by atoms with E-state index in [2.05, 4.69) is 5.32 Å². The van der Waals surface area contributed by atoms with Crippen LogP contribution in [0.5, 0.6) is 5.75 Å². The zero-order chi connectivity index (χ0) is 15.3. The number of nitrogens with zero attached hydrogens (tertiary/aromatic N) is 2. The fraction of sp³-hybridized carbons (Fsp3) is 0.500. The zero-order valence-corrected chi connectivity index (χ0v) is 13.2. The molecule has 0 spiro atoms. The maximum absolute atomic E-state index is 12.8. The number of aromatic nitrogens is 2. The van der Waals surface area contributed by atoms with Crippen LogP contribution < -0.4 is 15.6 Å². The zero-order valence-electron chi connectivity index (χ0n) is 12.4. The Balaban J connectivity index is 1.95. The Morgan fingerprint density at radius 2 is 2.27 bits per heavy atom. The number of hydrogen-bond acceptors (Lipinski definition) is 4. The SMILES string of the molecule is COc1cc2nc3n(c(=O)c2cc1Cl)CC[C@H]1NCCC[C@H]31. The van der Waals surface area contributed by atoms with Gasteiger partial charge >= 0.3 is 0 Å². The van der Waals surface area contributed by atoms with Crippen LogP contribution >= 0.6 is 11.6 Å². The molecule has 2 aliphatic rings. The predicted molar refractivity (Wildman–Crippen MR) is 85.9 cm³/mol. The molecule has 3 heterocycles. The maximum Gasteiger partial charge on any atom is 0.261 e. The molecule has 0 bridgehead atoms. The number of nitrogens with one attached hydrogen (secondary N) is 1. The van der Waals surface area contributed by atoms with Gasteiger partial charge < -0.3 is 10.1 Å². The van der Waals surface area contributed by atoms with Crippen LogP contribution in [0.25, 0.3) is 10.9 Å². The molecule has 4 rings (SSSR count). The van der Waals surface area contributed by atoms with E-state index in [9.17, 15) is 4.79 Å². The summed E-state index contributed by atoms with van der Waals surface area (Å²) in [5.74, 6) is 1.78. The van der Waals surface area contributed by atoms with Crippen LogP contribution in [0.3, 0.4) is 0 Å². The molecule has 0 amide bonds. The molecule has 1 aromatic heterocycles. The van der Waals surface area contributed by atoms with E-state index in [4.69, 9.17) is 21.3 Å². The minimum atomic E-state index is 0.00794. The lowest BCUT2D eigenvalue weighted by atomic mass is 9.85. The summed E-state index contributed by atoms with van der Waals surface area (Å²) in [4.78, 5) is 17.6. The first kappa shape index (κ1) is 14.0. The van der Waals surface area contributed by atoms with Gasteiger partial charge in [0.05, 0.1) is 23.0 Å². The third kappa shape index (κ3) is 2.03. The van der Waals surface area contributed by atoms with E-state index in [1.807, 2.05) is 4.57 Å². The molecule has 1 aromatic carbocycles. The lowest BCUT2D eigenvalue weighted by Gasteiger charge is -2.37. The summed E-state index contributed by atoms with van der Waals surface area (Å²) >= 11 is 6.16. The highest BCUT2D eigenvalue weighted by molar-refractivity contribution is 6.32. The molecule has 1 saturated heterocycles. The van der Waals surface area contributed by atoms with Crippen LogP contribution in [-0.4, -0.2) is 29.2 Å². The van der Waals surface area contributed by atoms with Crippen LogP contribution in [0.1, 0.15) is 31.0 Å². The second-order valence-corrected chi connectivity index (χ2v) is 6.44. The number of rotatable bonds is 1. The van der Waals surface area contributed by atoms with Gasteiger partial charge in [0.2, 0.25) is 0 Å². The van der Waals surface area contributed by atoms with Crippen LogP contribution in [-0.2, 0) is 6.54 Å². The van der Waals surface area contributed by atoms with Gasteiger partial charge in [0, 0.05) is 24.6 Å². The van der Waals surface area contributed by atoms with Crippen molar-refractivity contribution in [3.63, 3.8) is 0 Å². The van der Waals surface area contributed by atoms with Crippen molar-refractivity contribution in [1.82, 2.24) is 14.9 Å². The highest BCUT2D eigenvalue weighted by atomic mass is 35.5. The van der Waals surface area contributed by atoms with Gasteiger partial charge in [0.25, 0.3) is 5.56 Å². The lowest BCUT2D eigenvalue weighted by molar-refractivity contribution is 0.272. The monoisotopic (exact) mass is 319 g/mol. The first-order valence-corrected chi connectivity index (χ1v) is 8.08. The van der Waals surface area contributed by atoms with Gasteiger partial charge in [-0.25, -0.2) is 4.98 Å². The van der Waals surface area contributed by atoms with Gasteiger partial charge in [-0.3, -0.25) is 9.36 Å². The summed E-state index contributed by atoms with van der Waals surface area (Å²) < 4.78 is 7.08. The van der Waals surface area contributed by atoms with E-state index >= 15 is 0 Å². The van der Waals surface area contributed by atoms with Crippen molar-refractivity contribution in [3.05, 3.63) is 33.3 Å². The fourth-order valence-electron chi connectivity index (χ4n) is 3.73. The number of ether oxygens (including phenoxy) is 1. The van der Waals surface area contributed by atoms with Crippen molar-refractivity contribution < 1.29 is 4.74 Å². The van der Waals surface area contributed by atoms with Crippen molar-refractivity contribution in [1.29, 1.82) is 0 Å². The summed E-state index contributed by atoms with van der Waals surface area (Å²) in [6.07, 6.45) is 3.19. The van der Waals surface area contributed by atoms with Crippen molar-refractivity contribution in [3.8, 4) is 5.75 Å². The minimum Gasteiger partial charge on any atom is -0.495 e. The fourth-order valence-corrected chi connectivity index (χ4v) is 3.97. The van der Waals surface area contributed by atoms with Gasteiger partial charge in [-0.2, -0.15) is 0 Å². The molecular weight excluding hydrogens is 302 g/mol. The highest BCUT2D eigenvalue weighted by Gasteiger charge is 2.33. The molecular formula is C16H18ClN3O2. The summed E-state index contributed by atoms with van der Waals surface area (Å²) in [7, 11) is 1.57. The van der Waals surface area contributed by atoms with Gasteiger partial charge in [-0.05, 0) is 31.9 Å². The van der Waals surface area contributed by atoms with Crippen molar-refractivity contribution in [2.45, 2.75) is 37.8 Å². The molecule has 2 aliphatic heterocycles. The number of piperidine rings is 1. The topological polar surface area (TPSA) is 56.2 Å². The minimum absolute atomic E-state index is 0.00794. The number of fused-ring (bicyclic) bond motifs is 4. The molecule has 0 saturated carbocycles. The number of benzene rings is 1. The largest absolute Gasteiger partial charge is 0.495 e.